The van der Waals surface area contributed by atoms with E-state index in [1.165, 1.54) is 12.8 Å². The number of rotatable bonds is 7. The van der Waals surface area contributed by atoms with Crippen LogP contribution in [0.2, 0.25) is 0 Å². The second kappa shape index (κ2) is 7.99. The van der Waals surface area contributed by atoms with Crippen LogP contribution in [0.15, 0.2) is 24.3 Å². The standard InChI is InChI=1S/C19H28N2O3/c1-2-17(22)13-20-9-11-21(12-10-20)19(23)16-5-7-18(8-6-16)24-14-15-3-4-15/h5-8,15,17,22H,2-4,9-14H2,1H3/t17-/m1/s1. The minimum atomic E-state index is -0.268. The fraction of sp³-hybridized carbons (Fsp3) is 0.632. The topological polar surface area (TPSA) is 53.0 Å². The molecule has 5 heteroatoms. The Morgan fingerprint density at radius 3 is 2.46 bits per heavy atom. The van der Waals surface area contributed by atoms with Crippen molar-refractivity contribution in [2.75, 3.05) is 39.3 Å². The SMILES string of the molecule is CC[C@@H](O)CN1CCN(C(=O)c2ccc(OCC3CC3)cc2)CC1. The van der Waals surface area contributed by atoms with Gasteiger partial charge in [-0.2, -0.15) is 0 Å². The maximum Gasteiger partial charge on any atom is 0.253 e. The maximum atomic E-state index is 12.6. The molecule has 0 unspecified atom stereocenters. The summed E-state index contributed by atoms with van der Waals surface area (Å²) in [4.78, 5) is 16.7. The third kappa shape index (κ3) is 4.71. The van der Waals surface area contributed by atoms with Gasteiger partial charge in [-0.05, 0) is 49.4 Å². The Kier molecular flexibility index (Phi) is 5.74. The first kappa shape index (κ1) is 17.2. The van der Waals surface area contributed by atoms with E-state index in [1.54, 1.807) is 0 Å². The Hall–Kier alpha value is -1.59. The van der Waals surface area contributed by atoms with Crippen LogP contribution in [-0.4, -0.2) is 66.2 Å². The number of β-amino-alcohol motifs (C(OH)–C–C–N with tert-alkyl or cyclic N) is 1. The summed E-state index contributed by atoms with van der Waals surface area (Å²) in [7, 11) is 0. The highest BCUT2D eigenvalue weighted by molar-refractivity contribution is 5.94. The molecule has 1 aromatic rings. The molecule has 1 aliphatic carbocycles. The molecule has 1 aliphatic heterocycles. The average Bonchev–Trinajstić information content (AvgIpc) is 3.45. The van der Waals surface area contributed by atoms with E-state index in [-0.39, 0.29) is 12.0 Å². The van der Waals surface area contributed by atoms with Gasteiger partial charge in [0, 0.05) is 38.3 Å². The second-order valence-electron chi connectivity index (χ2n) is 6.93. The third-order valence-electron chi connectivity index (χ3n) is 4.88. The van der Waals surface area contributed by atoms with Crippen molar-refractivity contribution >= 4 is 5.91 Å². The van der Waals surface area contributed by atoms with E-state index in [4.69, 9.17) is 4.74 Å². The van der Waals surface area contributed by atoms with Gasteiger partial charge in [-0.25, -0.2) is 0 Å². The first-order chi connectivity index (χ1) is 11.7. The lowest BCUT2D eigenvalue weighted by Crippen LogP contribution is -2.50. The zero-order valence-corrected chi connectivity index (χ0v) is 14.5. The molecule has 2 fully saturated rings. The first-order valence-corrected chi connectivity index (χ1v) is 9.08. The van der Waals surface area contributed by atoms with Gasteiger partial charge in [-0.3, -0.25) is 9.69 Å². The number of hydrogen-bond donors (Lipinski definition) is 1. The summed E-state index contributed by atoms with van der Waals surface area (Å²) in [5.41, 5.74) is 0.718. The van der Waals surface area contributed by atoms with E-state index < -0.39 is 0 Å². The number of nitrogens with zero attached hydrogens (tertiary/aromatic N) is 2. The quantitative estimate of drug-likeness (QED) is 0.830. The van der Waals surface area contributed by atoms with Crippen LogP contribution in [0.4, 0.5) is 0 Å². The summed E-state index contributed by atoms with van der Waals surface area (Å²) in [5, 5.41) is 9.74. The molecule has 1 saturated carbocycles. The van der Waals surface area contributed by atoms with Crippen LogP contribution in [0.3, 0.4) is 0 Å². The zero-order valence-electron chi connectivity index (χ0n) is 14.5. The number of aliphatic hydroxyl groups is 1. The minimum absolute atomic E-state index is 0.0828. The molecule has 0 spiro atoms. The highest BCUT2D eigenvalue weighted by atomic mass is 16.5. The fourth-order valence-corrected chi connectivity index (χ4v) is 2.94. The van der Waals surface area contributed by atoms with Crippen molar-refractivity contribution in [2.45, 2.75) is 32.3 Å². The van der Waals surface area contributed by atoms with Gasteiger partial charge in [0.2, 0.25) is 0 Å². The highest BCUT2D eigenvalue weighted by Gasteiger charge is 2.24. The second-order valence-corrected chi connectivity index (χ2v) is 6.93. The van der Waals surface area contributed by atoms with Crippen molar-refractivity contribution in [3.05, 3.63) is 29.8 Å². The van der Waals surface area contributed by atoms with E-state index in [9.17, 15) is 9.90 Å². The van der Waals surface area contributed by atoms with Gasteiger partial charge >= 0.3 is 0 Å². The van der Waals surface area contributed by atoms with Gasteiger partial charge in [0.1, 0.15) is 5.75 Å². The van der Waals surface area contributed by atoms with Gasteiger partial charge < -0.3 is 14.7 Å². The first-order valence-electron chi connectivity index (χ1n) is 9.08. The number of ether oxygens (including phenoxy) is 1. The van der Waals surface area contributed by atoms with Crippen molar-refractivity contribution < 1.29 is 14.6 Å². The molecule has 1 heterocycles. The summed E-state index contributed by atoms with van der Waals surface area (Å²) in [5.74, 6) is 1.66. The van der Waals surface area contributed by atoms with Crippen molar-refractivity contribution in [3.8, 4) is 5.75 Å². The fourth-order valence-electron chi connectivity index (χ4n) is 2.94. The van der Waals surface area contributed by atoms with Crippen LogP contribution in [0, 0.1) is 5.92 Å². The van der Waals surface area contributed by atoms with Crippen molar-refractivity contribution in [3.63, 3.8) is 0 Å². The lowest BCUT2D eigenvalue weighted by Gasteiger charge is -2.35. The number of carbonyl (C=O) groups is 1. The van der Waals surface area contributed by atoms with Gasteiger partial charge in [0.05, 0.1) is 12.7 Å². The number of piperazine rings is 1. The lowest BCUT2D eigenvalue weighted by atomic mass is 10.1. The van der Waals surface area contributed by atoms with Crippen molar-refractivity contribution in [2.24, 2.45) is 5.92 Å². The smallest absolute Gasteiger partial charge is 0.253 e. The number of carbonyl (C=O) groups excluding carboxylic acids is 1. The van der Waals surface area contributed by atoms with Crippen LogP contribution in [0.5, 0.6) is 5.75 Å². The van der Waals surface area contributed by atoms with Gasteiger partial charge in [0.15, 0.2) is 0 Å². The van der Waals surface area contributed by atoms with Gasteiger partial charge in [-0.1, -0.05) is 6.92 Å². The van der Waals surface area contributed by atoms with Crippen LogP contribution >= 0.6 is 0 Å². The molecule has 3 rings (SSSR count). The normalized spacial score (nSPS) is 20.0. The number of aliphatic hydroxyl groups excluding tert-OH is 1. The molecule has 1 amide bonds. The predicted octanol–water partition coefficient (Wildman–Crippen LogP) is 2.00. The Morgan fingerprint density at radius 1 is 1.21 bits per heavy atom. The predicted molar refractivity (Wildman–Crippen MR) is 93.3 cm³/mol. The van der Waals surface area contributed by atoms with Crippen LogP contribution in [0.1, 0.15) is 36.5 Å². The van der Waals surface area contributed by atoms with Crippen LogP contribution in [0.25, 0.3) is 0 Å². The van der Waals surface area contributed by atoms with E-state index in [0.29, 0.717) is 6.54 Å². The molecule has 132 valence electrons. The minimum Gasteiger partial charge on any atom is -0.493 e. The Labute approximate surface area is 144 Å². The number of amides is 1. The molecule has 1 atom stereocenters. The molecular weight excluding hydrogens is 304 g/mol. The van der Waals surface area contributed by atoms with Gasteiger partial charge in [-0.15, -0.1) is 0 Å². The molecule has 2 aliphatic rings. The summed E-state index contributed by atoms with van der Waals surface area (Å²) in [6, 6.07) is 7.50. The maximum absolute atomic E-state index is 12.6. The zero-order chi connectivity index (χ0) is 16.9. The van der Waals surface area contributed by atoms with Crippen LogP contribution in [-0.2, 0) is 0 Å². The van der Waals surface area contributed by atoms with Crippen LogP contribution < -0.4 is 4.74 Å². The monoisotopic (exact) mass is 332 g/mol. The number of benzene rings is 1. The molecule has 5 nitrogen and oxygen atoms in total. The molecule has 1 N–H and O–H groups in total. The molecule has 0 radical (unpaired) electrons. The summed E-state index contributed by atoms with van der Waals surface area (Å²) < 4.78 is 5.72. The molecule has 0 aromatic heterocycles. The van der Waals surface area contributed by atoms with Gasteiger partial charge in [0.25, 0.3) is 5.91 Å². The summed E-state index contributed by atoms with van der Waals surface area (Å²) >= 11 is 0. The molecule has 24 heavy (non-hydrogen) atoms. The van der Waals surface area contributed by atoms with E-state index >= 15 is 0 Å². The molecule has 0 bridgehead atoms. The Morgan fingerprint density at radius 2 is 1.88 bits per heavy atom. The molecule has 1 saturated heterocycles. The Balaban J connectivity index is 1.47. The van der Waals surface area contributed by atoms with Crippen molar-refractivity contribution in [1.82, 2.24) is 9.80 Å². The number of hydrogen-bond acceptors (Lipinski definition) is 4. The summed E-state index contributed by atoms with van der Waals surface area (Å²) in [6.07, 6.45) is 3.06. The Bertz CT molecular complexity index is 534. The van der Waals surface area contributed by atoms with E-state index in [0.717, 1.165) is 56.4 Å². The highest BCUT2D eigenvalue weighted by Crippen LogP contribution is 2.29. The average molecular weight is 332 g/mol. The largest absolute Gasteiger partial charge is 0.493 e. The molecular formula is C19H28N2O3. The van der Waals surface area contributed by atoms with Crippen molar-refractivity contribution in [1.29, 1.82) is 0 Å². The summed E-state index contributed by atoms with van der Waals surface area (Å²) in [6.45, 7) is 6.56. The molecule has 1 aromatic carbocycles. The third-order valence-corrected chi connectivity index (χ3v) is 4.88. The lowest BCUT2D eigenvalue weighted by molar-refractivity contribution is 0.0523. The van der Waals surface area contributed by atoms with E-state index in [2.05, 4.69) is 4.90 Å². The van der Waals surface area contributed by atoms with E-state index in [1.807, 2.05) is 36.1 Å².